The fourth-order valence-electron chi connectivity index (χ4n) is 3.23. The number of carboxylic acids is 1. The van der Waals surface area contributed by atoms with Gasteiger partial charge in [-0.1, -0.05) is 103 Å². The van der Waals surface area contributed by atoms with Gasteiger partial charge in [0.05, 0.1) is 0 Å². The molecule has 0 aliphatic heterocycles. The minimum absolute atomic E-state index is 0.322. The Morgan fingerprint density at radius 1 is 0.600 bits per heavy atom. The third-order valence-electron chi connectivity index (χ3n) is 4.90. The number of hydrogen-bond donors (Lipinski definition) is 1. The van der Waals surface area contributed by atoms with Crippen molar-refractivity contribution < 1.29 is 9.90 Å². The van der Waals surface area contributed by atoms with Crippen LogP contribution in [0.2, 0.25) is 0 Å². The summed E-state index contributed by atoms with van der Waals surface area (Å²) in [5.74, 6) is -0.669. The van der Waals surface area contributed by atoms with E-state index in [1.807, 2.05) is 0 Å². The zero-order chi connectivity index (χ0) is 18.4. The molecule has 0 fully saturated rings. The highest BCUT2D eigenvalue weighted by Gasteiger charge is 1.95. The third kappa shape index (κ3) is 23.2. The van der Waals surface area contributed by atoms with E-state index in [9.17, 15) is 4.79 Å². The first kappa shape index (κ1) is 24.2. The summed E-state index contributed by atoms with van der Waals surface area (Å²) in [4.78, 5) is 10.4. The summed E-state index contributed by atoms with van der Waals surface area (Å²) >= 11 is 0. The maximum absolute atomic E-state index is 10.4. The lowest BCUT2D eigenvalue weighted by atomic mass is 10.0. The predicted molar refractivity (Wildman–Crippen MR) is 110 cm³/mol. The van der Waals surface area contributed by atoms with Crippen LogP contribution in [-0.4, -0.2) is 11.1 Å². The SMILES string of the molecule is CCCCCCCCCCCCCCCC=CCCCCCC(=O)O. The number of hydrogen-bond acceptors (Lipinski definition) is 1. The van der Waals surface area contributed by atoms with Gasteiger partial charge in [0.15, 0.2) is 0 Å². The molecule has 0 aromatic heterocycles. The first-order chi connectivity index (χ1) is 12.3. The molecule has 0 heterocycles. The average molecular weight is 353 g/mol. The summed E-state index contributed by atoms with van der Waals surface area (Å²) < 4.78 is 0. The van der Waals surface area contributed by atoms with E-state index in [0.29, 0.717) is 6.42 Å². The number of rotatable bonds is 20. The molecule has 0 radical (unpaired) electrons. The molecule has 0 amide bonds. The number of aliphatic carboxylic acids is 1. The maximum Gasteiger partial charge on any atom is 0.303 e. The number of carboxylic acid groups (broad SMARTS) is 1. The van der Waals surface area contributed by atoms with Gasteiger partial charge < -0.3 is 5.11 Å². The molecule has 0 aromatic carbocycles. The molecule has 1 N–H and O–H groups in total. The summed E-state index contributed by atoms with van der Waals surface area (Å²) in [5, 5.41) is 8.55. The second-order valence-corrected chi connectivity index (χ2v) is 7.50. The Hall–Kier alpha value is -0.790. The number of unbranched alkanes of at least 4 members (excludes halogenated alkanes) is 16. The largest absolute Gasteiger partial charge is 0.481 e. The molecule has 0 rings (SSSR count). The van der Waals surface area contributed by atoms with Crippen LogP contribution in [0.15, 0.2) is 12.2 Å². The van der Waals surface area contributed by atoms with Gasteiger partial charge in [0.25, 0.3) is 0 Å². The van der Waals surface area contributed by atoms with Crippen LogP contribution in [0.1, 0.15) is 129 Å². The Balaban J connectivity index is 3.06. The van der Waals surface area contributed by atoms with E-state index in [0.717, 1.165) is 25.7 Å². The second kappa shape index (κ2) is 21.3. The van der Waals surface area contributed by atoms with E-state index < -0.39 is 5.97 Å². The molecule has 0 aromatic rings. The van der Waals surface area contributed by atoms with Crippen molar-refractivity contribution in [2.45, 2.75) is 129 Å². The van der Waals surface area contributed by atoms with Crippen molar-refractivity contribution in [1.29, 1.82) is 0 Å². The summed E-state index contributed by atoms with van der Waals surface area (Å²) in [6.07, 6.45) is 28.6. The van der Waals surface area contributed by atoms with Crippen LogP contribution < -0.4 is 0 Å². The molecule has 0 spiro atoms. The molecule has 0 aliphatic rings. The van der Waals surface area contributed by atoms with Crippen molar-refractivity contribution in [2.24, 2.45) is 0 Å². The van der Waals surface area contributed by atoms with E-state index >= 15 is 0 Å². The van der Waals surface area contributed by atoms with Crippen molar-refractivity contribution in [3.8, 4) is 0 Å². The molecule has 0 saturated carbocycles. The highest BCUT2D eigenvalue weighted by molar-refractivity contribution is 5.66. The summed E-state index contributed by atoms with van der Waals surface area (Å²) in [6, 6.07) is 0. The summed E-state index contributed by atoms with van der Waals surface area (Å²) in [5.41, 5.74) is 0. The Bertz CT molecular complexity index is 296. The van der Waals surface area contributed by atoms with E-state index in [-0.39, 0.29) is 0 Å². The van der Waals surface area contributed by atoms with Gasteiger partial charge in [-0.25, -0.2) is 0 Å². The van der Waals surface area contributed by atoms with Gasteiger partial charge in [-0.3, -0.25) is 4.79 Å². The molecule has 2 nitrogen and oxygen atoms in total. The molecule has 0 aliphatic carbocycles. The van der Waals surface area contributed by atoms with Gasteiger partial charge in [0.2, 0.25) is 0 Å². The quantitative estimate of drug-likeness (QED) is 0.178. The van der Waals surface area contributed by atoms with Gasteiger partial charge in [0, 0.05) is 6.42 Å². The molecule has 25 heavy (non-hydrogen) atoms. The van der Waals surface area contributed by atoms with Crippen LogP contribution in [0.5, 0.6) is 0 Å². The number of allylic oxidation sites excluding steroid dienone is 2. The van der Waals surface area contributed by atoms with Gasteiger partial charge in [-0.05, 0) is 32.1 Å². The van der Waals surface area contributed by atoms with E-state index in [4.69, 9.17) is 5.11 Å². The summed E-state index contributed by atoms with van der Waals surface area (Å²) in [6.45, 7) is 2.28. The van der Waals surface area contributed by atoms with Gasteiger partial charge >= 0.3 is 5.97 Å². The van der Waals surface area contributed by atoms with Crippen LogP contribution in [0.4, 0.5) is 0 Å². The first-order valence-corrected chi connectivity index (χ1v) is 11.1. The van der Waals surface area contributed by atoms with Crippen LogP contribution in [0.25, 0.3) is 0 Å². The average Bonchev–Trinajstić information content (AvgIpc) is 2.60. The van der Waals surface area contributed by atoms with Crippen LogP contribution in [0, 0.1) is 0 Å². The molecule has 0 saturated heterocycles. The summed E-state index contributed by atoms with van der Waals surface area (Å²) in [7, 11) is 0. The van der Waals surface area contributed by atoms with E-state index in [1.54, 1.807) is 0 Å². The van der Waals surface area contributed by atoms with Crippen LogP contribution >= 0.6 is 0 Å². The third-order valence-corrected chi connectivity index (χ3v) is 4.90. The van der Waals surface area contributed by atoms with Crippen molar-refractivity contribution in [2.75, 3.05) is 0 Å². The molecular weight excluding hydrogens is 308 g/mol. The highest BCUT2D eigenvalue weighted by atomic mass is 16.4. The first-order valence-electron chi connectivity index (χ1n) is 11.1. The monoisotopic (exact) mass is 352 g/mol. The molecular formula is C23H44O2. The Morgan fingerprint density at radius 3 is 1.36 bits per heavy atom. The minimum Gasteiger partial charge on any atom is -0.481 e. The van der Waals surface area contributed by atoms with E-state index in [1.165, 1.54) is 89.9 Å². The lowest BCUT2D eigenvalue weighted by Gasteiger charge is -2.02. The molecule has 0 bridgehead atoms. The Labute approximate surface area is 157 Å². The Morgan fingerprint density at radius 2 is 0.960 bits per heavy atom. The molecule has 0 unspecified atom stereocenters. The van der Waals surface area contributed by atoms with Crippen molar-refractivity contribution >= 4 is 5.97 Å². The second-order valence-electron chi connectivity index (χ2n) is 7.50. The normalized spacial score (nSPS) is 11.4. The smallest absolute Gasteiger partial charge is 0.303 e. The fourth-order valence-corrected chi connectivity index (χ4v) is 3.23. The van der Waals surface area contributed by atoms with Gasteiger partial charge in [-0.15, -0.1) is 0 Å². The van der Waals surface area contributed by atoms with E-state index in [2.05, 4.69) is 19.1 Å². The van der Waals surface area contributed by atoms with Crippen molar-refractivity contribution in [3.63, 3.8) is 0 Å². The van der Waals surface area contributed by atoms with Gasteiger partial charge in [-0.2, -0.15) is 0 Å². The zero-order valence-corrected chi connectivity index (χ0v) is 16.9. The Kier molecular flexibility index (Phi) is 20.6. The number of carbonyl (C=O) groups is 1. The molecule has 2 heteroatoms. The topological polar surface area (TPSA) is 37.3 Å². The van der Waals surface area contributed by atoms with Gasteiger partial charge in [0.1, 0.15) is 0 Å². The zero-order valence-electron chi connectivity index (χ0n) is 16.9. The van der Waals surface area contributed by atoms with Crippen molar-refractivity contribution in [1.82, 2.24) is 0 Å². The fraction of sp³-hybridized carbons (Fsp3) is 0.870. The molecule has 0 atom stereocenters. The van der Waals surface area contributed by atoms with Crippen LogP contribution in [0.3, 0.4) is 0 Å². The van der Waals surface area contributed by atoms with Crippen molar-refractivity contribution in [3.05, 3.63) is 12.2 Å². The lowest BCUT2D eigenvalue weighted by molar-refractivity contribution is -0.137. The lowest BCUT2D eigenvalue weighted by Crippen LogP contribution is -1.93. The predicted octanol–water partition coefficient (Wildman–Crippen LogP) is 8.06. The maximum atomic E-state index is 10.4. The molecule has 148 valence electrons. The van der Waals surface area contributed by atoms with Crippen LogP contribution in [-0.2, 0) is 4.79 Å². The minimum atomic E-state index is -0.669. The highest BCUT2D eigenvalue weighted by Crippen LogP contribution is 2.13. The standard InChI is InChI=1S/C23H44O2/c1-2-3-4-5-6-7-8-9-10-11-12-13-14-15-16-17-18-19-20-21-22-23(24)25/h16-17H,2-15,18-22H2,1H3,(H,24,25).